The van der Waals surface area contributed by atoms with Gasteiger partial charge in [-0.25, -0.2) is 9.37 Å². The van der Waals surface area contributed by atoms with Gasteiger partial charge in [0, 0.05) is 11.1 Å². The van der Waals surface area contributed by atoms with Crippen molar-refractivity contribution in [1.29, 1.82) is 0 Å². The Bertz CT molecular complexity index is 736. The third-order valence-electron chi connectivity index (χ3n) is 2.71. The van der Waals surface area contributed by atoms with Crippen LogP contribution in [0.4, 0.5) is 10.3 Å². The molecule has 1 heterocycles. The highest BCUT2D eigenvalue weighted by molar-refractivity contribution is 6.30. The first-order valence-corrected chi connectivity index (χ1v) is 5.72. The summed E-state index contributed by atoms with van der Waals surface area (Å²) >= 11 is 5.96. The van der Waals surface area contributed by atoms with Gasteiger partial charge in [-0.3, -0.25) is 4.57 Å². The Morgan fingerprint density at radius 3 is 2.78 bits per heavy atom. The van der Waals surface area contributed by atoms with Crippen molar-refractivity contribution >= 4 is 28.6 Å². The molecule has 0 saturated heterocycles. The van der Waals surface area contributed by atoms with E-state index in [0.717, 1.165) is 11.2 Å². The summed E-state index contributed by atoms with van der Waals surface area (Å²) in [6.45, 7) is 0. The highest BCUT2D eigenvalue weighted by Crippen LogP contribution is 2.25. The molecule has 90 valence electrons. The van der Waals surface area contributed by atoms with Crippen LogP contribution in [0.5, 0.6) is 0 Å². The highest BCUT2D eigenvalue weighted by Gasteiger charge is 2.10. The molecule has 2 aromatic carbocycles. The Labute approximate surface area is 108 Å². The number of hydrogen-bond acceptors (Lipinski definition) is 2. The van der Waals surface area contributed by atoms with Crippen molar-refractivity contribution in [1.82, 2.24) is 9.55 Å². The third kappa shape index (κ3) is 1.71. The van der Waals surface area contributed by atoms with E-state index in [1.165, 1.54) is 12.1 Å². The van der Waals surface area contributed by atoms with Crippen LogP contribution in [-0.4, -0.2) is 9.55 Å². The maximum absolute atomic E-state index is 13.1. The van der Waals surface area contributed by atoms with Crippen LogP contribution in [0.3, 0.4) is 0 Å². The lowest BCUT2D eigenvalue weighted by molar-refractivity contribution is 0.629. The van der Waals surface area contributed by atoms with Gasteiger partial charge < -0.3 is 5.73 Å². The molecule has 18 heavy (non-hydrogen) atoms. The van der Waals surface area contributed by atoms with Gasteiger partial charge in [-0.2, -0.15) is 0 Å². The number of fused-ring (bicyclic) bond motifs is 1. The van der Waals surface area contributed by atoms with Gasteiger partial charge in [0.25, 0.3) is 0 Å². The van der Waals surface area contributed by atoms with Crippen molar-refractivity contribution in [3.8, 4) is 5.69 Å². The molecule has 0 aliphatic heterocycles. The standard InChI is InChI=1S/C13H9ClFN3/c14-8-2-1-3-10(6-8)18-12-5-4-9(15)7-11(12)17-13(18)16/h1-7H,(H2,16,17). The summed E-state index contributed by atoms with van der Waals surface area (Å²) in [5.41, 5.74) is 7.94. The van der Waals surface area contributed by atoms with E-state index < -0.39 is 0 Å². The SMILES string of the molecule is Nc1nc2cc(F)ccc2n1-c1cccc(Cl)c1. The number of hydrogen-bond donors (Lipinski definition) is 1. The molecule has 0 saturated carbocycles. The Kier molecular flexibility index (Phi) is 2.45. The van der Waals surface area contributed by atoms with E-state index >= 15 is 0 Å². The van der Waals surface area contributed by atoms with Crippen LogP contribution in [0.15, 0.2) is 42.5 Å². The summed E-state index contributed by atoms with van der Waals surface area (Å²) in [6, 6.07) is 11.6. The van der Waals surface area contributed by atoms with E-state index in [2.05, 4.69) is 4.98 Å². The van der Waals surface area contributed by atoms with Crippen LogP contribution < -0.4 is 5.73 Å². The molecular weight excluding hydrogens is 253 g/mol. The number of aromatic nitrogens is 2. The van der Waals surface area contributed by atoms with Crippen molar-refractivity contribution < 1.29 is 4.39 Å². The number of imidazole rings is 1. The van der Waals surface area contributed by atoms with Crippen LogP contribution in [-0.2, 0) is 0 Å². The lowest BCUT2D eigenvalue weighted by atomic mass is 10.2. The molecule has 0 bridgehead atoms. The minimum atomic E-state index is -0.335. The zero-order valence-corrected chi connectivity index (χ0v) is 10.0. The van der Waals surface area contributed by atoms with E-state index in [0.29, 0.717) is 16.5 Å². The lowest BCUT2D eigenvalue weighted by Crippen LogP contribution is -2.00. The molecule has 1 aromatic heterocycles. The summed E-state index contributed by atoms with van der Waals surface area (Å²) in [7, 11) is 0. The van der Waals surface area contributed by atoms with Gasteiger partial charge in [-0.05, 0) is 30.3 Å². The zero-order chi connectivity index (χ0) is 12.7. The molecule has 2 N–H and O–H groups in total. The molecule has 0 atom stereocenters. The number of anilines is 1. The number of rotatable bonds is 1. The van der Waals surface area contributed by atoms with Crippen molar-refractivity contribution in [2.24, 2.45) is 0 Å². The molecule has 3 aromatic rings. The lowest BCUT2D eigenvalue weighted by Gasteiger charge is -2.06. The van der Waals surface area contributed by atoms with Gasteiger partial charge in [-0.15, -0.1) is 0 Å². The van der Waals surface area contributed by atoms with Crippen molar-refractivity contribution in [2.75, 3.05) is 5.73 Å². The zero-order valence-electron chi connectivity index (χ0n) is 9.27. The fourth-order valence-electron chi connectivity index (χ4n) is 1.96. The van der Waals surface area contributed by atoms with E-state index in [-0.39, 0.29) is 5.82 Å². The second kappa shape index (κ2) is 3.99. The molecule has 0 unspecified atom stereocenters. The maximum atomic E-state index is 13.1. The van der Waals surface area contributed by atoms with E-state index in [1.54, 1.807) is 22.8 Å². The summed E-state index contributed by atoms with van der Waals surface area (Å²) in [6.07, 6.45) is 0. The summed E-state index contributed by atoms with van der Waals surface area (Å²) in [5, 5.41) is 0.607. The number of halogens is 2. The molecule has 0 spiro atoms. The predicted molar refractivity (Wildman–Crippen MR) is 70.5 cm³/mol. The Morgan fingerprint density at radius 2 is 2.00 bits per heavy atom. The van der Waals surface area contributed by atoms with Gasteiger partial charge in [0.2, 0.25) is 5.95 Å². The number of nitrogens with zero attached hydrogens (tertiary/aromatic N) is 2. The van der Waals surface area contributed by atoms with Crippen molar-refractivity contribution in [2.45, 2.75) is 0 Å². The van der Waals surface area contributed by atoms with Crippen LogP contribution in [0.2, 0.25) is 5.02 Å². The molecule has 3 rings (SSSR count). The average Bonchev–Trinajstić information content (AvgIpc) is 2.64. The molecular formula is C13H9ClFN3. The Morgan fingerprint density at radius 1 is 1.17 bits per heavy atom. The Balaban J connectivity index is 2.32. The summed E-state index contributed by atoms with van der Waals surface area (Å²) < 4.78 is 14.9. The number of nitrogens with two attached hydrogens (primary N) is 1. The minimum absolute atomic E-state index is 0.304. The second-order valence-corrected chi connectivity index (χ2v) is 4.35. The summed E-state index contributed by atoms with van der Waals surface area (Å²) in [5.74, 6) is -0.0314. The molecule has 0 aliphatic rings. The minimum Gasteiger partial charge on any atom is -0.369 e. The monoisotopic (exact) mass is 261 g/mol. The number of nitrogen functional groups attached to an aromatic ring is 1. The fraction of sp³-hybridized carbons (Fsp3) is 0. The largest absolute Gasteiger partial charge is 0.369 e. The van der Waals surface area contributed by atoms with E-state index in [9.17, 15) is 4.39 Å². The molecule has 0 fully saturated rings. The first kappa shape index (κ1) is 11.0. The van der Waals surface area contributed by atoms with Gasteiger partial charge >= 0.3 is 0 Å². The molecule has 0 amide bonds. The van der Waals surface area contributed by atoms with Crippen LogP contribution in [0, 0.1) is 5.82 Å². The normalized spacial score (nSPS) is 11.0. The first-order valence-electron chi connectivity index (χ1n) is 5.34. The van der Waals surface area contributed by atoms with Gasteiger partial charge in [0.15, 0.2) is 0 Å². The highest BCUT2D eigenvalue weighted by atomic mass is 35.5. The van der Waals surface area contributed by atoms with Gasteiger partial charge in [-0.1, -0.05) is 17.7 Å². The molecule has 0 aliphatic carbocycles. The van der Waals surface area contributed by atoms with E-state index in [1.807, 2.05) is 12.1 Å². The van der Waals surface area contributed by atoms with Crippen LogP contribution in [0.1, 0.15) is 0 Å². The smallest absolute Gasteiger partial charge is 0.205 e. The van der Waals surface area contributed by atoms with Gasteiger partial charge in [0.05, 0.1) is 16.7 Å². The Hall–Kier alpha value is -2.07. The third-order valence-corrected chi connectivity index (χ3v) is 2.94. The molecule has 0 radical (unpaired) electrons. The van der Waals surface area contributed by atoms with Crippen LogP contribution >= 0.6 is 11.6 Å². The van der Waals surface area contributed by atoms with Crippen molar-refractivity contribution in [3.63, 3.8) is 0 Å². The molecule has 5 heteroatoms. The maximum Gasteiger partial charge on any atom is 0.205 e. The summed E-state index contributed by atoms with van der Waals surface area (Å²) in [4.78, 5) is 4.14. The fourth-order valence-corrected chi connectivity index (χ4v) is 2.14. The first-order chi connectivity index (χ1) is 8.65. The second-order valence-electron chi connectivity index (χ2n) is 3.92. The average molecular weight is 262 g/mol. The van der Waals surface area contributed by atoms with Gasteiger partial charge in [0.1, 0.15) is 5.82 Å². The van der Waals surface area contributed by atoms with Crippen molar-refractivity contribution in [3.05, 3.63) is 53.3 Å². The topological polar surface area (TPSA) is 43.8 Å². The van der Waals surface area contributed by atoms with Crippen LogP contribution in [0.25, 0.3) is 16.7 Å². The van der Waals surface area contributed by atoms with E-state index in [4.69, 9.17) is 17.3 Å². The quantitative estimate of drug-likeness (QED) is 0.730. The predicted octanol–water partition coefficient (Wildman–Crippen LogP) is 3.40. The molecule has 3 nitrogen and oxygen atoms in total. The number of benzene rings is 2.